The molecule has 0 aliphatic carbocycles. The zero-order valence-electron chi connectivity index (χ0n) is 22.0. The third-order valence-electron chi connectivity index (χ3n) is 6.81. The SMILES string of the molecule is Cc1cc2c(cnn2-c2ccc(F)cc2)cc1C1CN(S(=O)(=O)c2cnn(C)n2)CCN1C(=O)C(C)(C)C. The van der Waals surface area contributed by atoms with Crippen LogP contribution in [-0.2, 0) is 21.9 Å². The Morgan fingerprint density at radius 2 is 1.76 bits per heavy atom. The lowest BCUT2D eigenvalue weighted by molar-refractivity contribution is -0.144. The van der Waals surface area contributed by atoms with Gasteiger partial charge in [0.2, 0.25) is 10.9 Å². The van der Waals surface area contributed by atoms with Gasteiger partial charge in [-0.3, -0.25) is 4.79 Å². The first-order chi connectivity index (χ1) is 17.9. The second kappa shape index (κ2) is 9.28. The number of rotatable bonds is 4. The lowest BCUT2D eigenvalue weighted by Crippen LogP contribution is -2.54. The lowest BCUT2D eigenvalue weighted by Gasteiger charge is -2.43. The van der Waals surface area contributed by atoms with Gasteiger partial charge in [-0.25, -0.2) is 17.5 Å². The van der Waals surface area contributed by atoms with Gasteiger partial charge in [-0.2, -0.15) is 19.3 Å². The van der Waals surface area contributed by atoms with E-state index in [1.54, 1.807) is 35.0 Å². The van der Waals surface area contributed by atoms with Crippen LogP contribution in [-0.4, -0.2) is 67.9 Å². The third kappa shape index (κ3) is 4.58. The summed E-state index contributed by atoms with van der Waals surface area (Å²) in [7, 11) is -2.34. The van der Waals surface area contributed by atoms with Gasteiger partial charge in [0.05, 0.1) is 29.6 Å². The molecule has 5 rings (SSSR count). The number of benzene rings is 2. The zero-order chi connectivity index (χ0) is 27.4. The summed E-state index contributed by atoms with van der Waals surface area (Å²) in [5.74, 6) is -0.383. The van der Waals surface area contributed by atoms with Crippen molar-refractivity contribution < 1.29 is 17.6 Å². The molecule has 1 saturated heterocycles. The number of aryl methyl sites for hydroxylation is 2. The van der Waals surface area contributed by atoms with Crippen molar-refractivity contribution in [2.24, 2.45) is 12.5 Å². The first-order valence-electron chi connectivity index (χ1n) is 12.3. The molecule has 1 fully saturated rings. The van der Waals surface area contributed by atoms with Gasteiger partial charge < -0.3 is 4.90 Å². The van der Waals surface area contributed by atoms with Crippen LogP contribution in [0, 0.1) is 18.2 Å². The number of amides is 1. The van der Waals surface area contributed by atoms with Crippen molar-refractivity contribution in [1.82, 2.24) is 34.0 Å². The first kappa shape index (κ1) is 26.0. The maximum atomic E-state index is 13.5. The van der Waals surface area contributed by atoms with Crippen molar-refractivity contribution in [1.29, 1.82) is 0 Å². The molecule has 0 saturated carbocycles. The van der Waals surface area contributed by atoms with Crippen LogP contribution in [0.5, 0.6) is 0 Å². The molecule has 0 radical (unpaired) electrons. The van der Waals surface area contributed by atoms with Crippen molar-refractivity contribution in [3.8, 4) is 5.69 Å². The van der Waals surface area contributed by atoms with E-state index < -0.39 is 21.5 Å². The summed E-state index contributed by atoms with van der Waals surface area (Å²) in [6.07, 6.45) is 2.95. The minimum atomic E-state index is -3.90. The number of piperazine rings is 1. The van der Waals surface area contributed by atoms with Crippen LogP contribution in [0.15, 0.2) is 53.8 Å². The van der Waals surface area contributed by atoms with E-state index in [-0.39, 0.29) is 36.4 Å². The second-order valence-electron chi connectivity index (χ2n) is 10.6. The third-order valence-corrected chi connectivity index (χ3v) is 8.54. The number of hydrogen-bond acceptors (Lipinski definition) is 6. The summed E-state index contributed by atoms with van der Waals surface area (Å²) >= 11 is 0. The molecule has 200 valence electrons. The predicted molar refractivity (Wildman–Crippen MR) is 139 cm³/mol. The van der Waals surface area contributed by atoms with E-state index in [1.165, 1.54) is 27.4 Å². The Labute approximate surface area is 220 Å². The van der Waals surface area contributed by atoms with Crippen molar-refractivity contribution >= 4 is 26.8 Å². The topological polar surface area (TPSA) is 106 Å². The molecule has 1 atom stereocenters. The number of carbonyl (C=O) groups excluding carboxylic acids is 1. The van der Waals surface area contributed by atoms with Crippen LogP contribution in [0.25, 0.3) is 16.6 Å². The first-order valence-corrected chi connectivity index (χ1v) is 13.7. The molecule has 4 aromatic rings. The number of hydrogen-bond donors (Lipinski definition) is 0. The van der Waals surface area contributed by atoms with Crippen molar-refractivity contribution in [2.75, 3.05) is 19.6 Å². The highest BCUT2D eigenvalue weighted by Crippen LogP contribution is 2.35. The highest BCUT2D eigenvalue weighted by Gasteiger charge is 2.41. The number of halogens is 1. The smallest absolute Gasteiger partial charge is 0.264 e. The Kier molecular flexibility index (Phi) is 6.35. The molecule has 10 nitrogen and oxygen atoms in total. The Balaban J connectivity index is 1.57. The van der Waals surface area contributed by atoms with Gasteiger partial charge in [-0.05, 0) is 54.4 Å². The maximum absolute atomic E-state index is 13.5. The Morgan fingerprint density at radius 1 is 1.05 bits per heavy atom. The number of fused-ring (bicyclic) bond motifs is 1. The van der Waals surface area contributed by atoms with E-state index in [0.717, 1.165) is 27.7 Å². The molecule has 1 aliphatic heterocycles. The average molecular weight is 540 g/mol. The molecule has 1 unspecified atom stereocenters. The van der Waals surface area contributed by atoms with Gasteiger partial charge >= 0.3 is 0 Å². The molecule has 12 heteroatoms. The van der Waals surface area contributed by atoms with E-state index in [4.69, 9.17) is 0 Å². The fourth-order valence-corrected chi connectivity index (χ4v) is 6.16. The van der Waals surface area contributed by atoms with Crippen LogP contribution in [0.1, 0.15) is 37.9 Å². The molecule has 1 amide bonds. The quantitative estimate of drug-likeness (QED) is 0.394. The second-order valence-corrected chi connectivity index (χ2v) is 12.5. The summed E-state index contributed by atoms with van der Waals surface area (Å²) in [6, 6.07) is 9.50. The van der Waals surface area contributed by atoms with Crippen molar-refractivity contribution in [2.45, 2.75) is 38.8 Å². The molecule has 3 heterocycles. The van der Waals surface area contributed by atoms with Crippen molar-refractivity contribution in [3.63, 3.8) is 0 Å². The van der Waals surface area contributed by atoms with E-state index >= 15 is 0 Å². The van der Waals surface area contributed by atoms with E-state index in [2.05, 4.69) is 15.3 Å². The fraction of sp³-hybridized carbons (Fsp3) is 0.385. The summed E-state index contributed by atoms with van der Waals surface area (Å²) < 4.78 is 43.4. The lowest BCUT2D eigenvalue weighted by atomic mass is 9.90. The van der Waals surface area contributed by atoms with Gasteiger partial charge in [0, 0.05) is 37.5 Å². The normalized spacial score (nSPS) is 17.3. The average Bonchev–Trinajstić information content (AvgIpc) is 3.49. The number of nitrogens with zero attached hydrogens (tertiary/aromatic N) is 7. The molecule has 38 heavy (non-hydrogen) atoms. The van der Waals surface area contributed by atoms with Crippen molar-refractivity contribution in [3.05, 3.63) is 65.7 Å². The van der Waals surface area contributed by atoms with Gasteiger partial charge in [0.25, 0.3) is 10.0 Å². The molecule has 0 bridgehead atoms. The monoisotopic (exact) mass is 539 g/mol. The van der Waals surface area contributed by atoms with Crippen LogP contribution in [0.4, 0.5) is 4.39 Å². The summed E-state index contributed by atoms with van der Waals surface area (Å²) in [6.45, 7) is 7.99. The molecule has 2 aromatic carbocycles. The highest BCUT2D eigenvalue weighted by molar-refractivity contribution is 7.89. The fourth-order valence-electron chi connectivity index (χ4n) is 4.84. The Morgan fingerprint density at radius 3 is 2.39 bits per heavy atom. The highest BCUT2D eigenvalue weighted by atomic mass is 32.2. The van der Waals surface area contributed by atoms with Gasteiger partial charge in [-0.1, -0.05) is 20.8 Å². The minimum absolute atomic E-state index is 0.0550. The summed E-state index contributed by atoms with van der Waals surface area (Å²) in [5, 5.41) is 13.1. The van der Waals surface area contributed by atoms with Crippen LogP contribution in [0.2, 0.25) is 0 Å². The molecular formula is C26H30FN7O3S. The number of aromatic nitrogens is 5. The predicted octanol–water partition coefficient (Wildman–Crippen LogP) is 3.22. The summed E-state index contributed by atoms with van der Waals surface area (Å²) in [5.41, 5.74) is 2.63. The molecular weight excluding hydrogens is 509 g/mol. The van der Waals surface area contributed by atoms with Gasteiger partial charge in [-0.15, -0.1) is 5.10 Å². The molecule has 0 N–H and O–H groups in total. The van der Waals surface area contributed by atoms with E-state index in [1.807, 2.05) is 39.8 Å². The van der Waals surface area contributed by atoms with Crippen LogP contribution >= 0.6 is 0 Å². The molecule has 2 aromatic heterocycles. The van der Waals surface area contributed by atoms with Crippen LogP contribution < -0.4 is 0 Å². The zero-order valence-corrected chi connectivity index (χ0v) is 22.8. The van der Waals surface area contributed by atoms with E-state index in [0.29, 0.717) is 0 Å². The minimum Gasteiger partial charge on any atom is -0.333 e. The molecule has 1 aliphatic rings. The maximum Gasteiger partial charge on any atom is 0.264 e. The van der Waals surface area contributed by atoms with Gasteiger partial charge in [0.15, 0.2) is 0 Å². The number of carbonyl (C=O) groups is 1. The van der Waals surface area contributed by atoms with Gasteiger partial charge in [0.1, 0.15) is 5.82 Å². The largest absolute Gasteiger partial charge is 0.333 e. The Bertz CT molecular complexity index is 1620. The Hall–Kier alpha value is -3.64. The summed E-state index contributed by atoms with van der Waals surface area (Å²) in [4.78, 5) is 16.5. The van der Waals surface area contributed by atoms with Crippen LogP contribution in [0.3, 0.4) is 0 Å². The number of sulfonamides is 1. The standard InChI is InChI=1S/C26H30FN7O3S/c1-17-12-22-18(14-29-34(22)20-8-6-19(27)7-9-20)13-21(17)23-16-32(10-11-33(23)25(35)26(2,3)4)38(36,37)24-15-28-31(5)30-24/h6-9,12-15,23H,10-11,16H2,1-5H3. The van der Waals surface area contributed by atoms with E-state index in [9.17, 15) is 17.6 Å². The molecule has 0 spiro atoms.